The van der Waals surface area contributed by atoms with Crippen LogP contribution in [0, 0.1) is 0 Å². The molecule has 1 saturated carbocycles. The molecule has 1 rings (SSSR count). The largest absolute Gasteiger partial charge is 0.480 e. The number of amides is 2. The van der Waals surface area contributed by atoms with Crippen LogP contribution in [0.4, 0.5) is 0 Å². The Morgan fingerprint density at radius 2 is 1.52 bits per heavy atom. The van der Waals surface area contributed by atoms with E-state index in [4.69, 9.17) is 0 Å². The first-order chi connectivity index (χ1) is 11.9. The van der Waals surface area contributed by atoms with E-state index in [0.717, 1.165) is 51.6 Å². The molecule has 6 heteroatoms. The van der Waals surface area contributed by atoms with Crippen molar-refractivity contribution in [1.82, 2.24) is 10.2 Å². The quantitative estimate of drug-likeness (QED) is 0.590. The molecule has 0 aromatic heterocycles. The summed E-state index contributed by atoms with van der Waals surface area (Å²) in [6.45, 7) is 5.59. The molecule has 0 spiro atoms. The molecule has 1 aliphatic carbocycles. The van der Waals surface area contributed by atoms with Crippen molar-refractivity contribution in [3.05, 3.63) is 0 Å². The summed E-state index contributed by atoms with van der Waals surface area (Å²) in [7, 11) is 0. The van der Waals surface area contributed by atoms with Gasteiger partial charge in [0, 0.05) is 25.9 Å². The summed E-state index contributed by atoms with van der Waals surface area (Å²) in [6, 6.07) is 0. The fraction of sp³-hybridized carbons (Fsp3) is 0.842. The normalized spacial score (nSPS) is 16.7. The maximum atomic E-state index is 12.2. The van der Waals surface area contributed by atoms with Crippen molar-refractivity contribution in [1.29, 1.82) is 0 Å². The lowest BCUT2D eigenvalue weighted by Gasteiger charge is -2.29. The Bertz CT molecular complexity index is 437. The van der Waals surface area contributed by atoms with Crippen LogP contribution < -0.4 is 5.32 Å². The highest BCUT2D eigenvalue weighted by molar-refractivity contribution is 5.87. The standard InChI is InChI=1S/C19H34N2O4/c1-3-14-21(15-4-2)17(23)11-9-10-16(22)20-19(18(24)25)12-7-5-6-8-13-19/h3-15H2,1-2H3,(H,20,22)(H,24,25). The summed E-state index contributed by atoms with van der Waals surface area (Å²) in [5.74, 6) is -1.11. The first-order valence-electron chi connectivity index (χ1n) is 9.77. The minimum absolute atomic E-state index is 0.0823. The molecule has 0 atom stereocenters. The molecule has 1 fully saturated rings. The van der Waals surface area contributed by atoms with Gasteiger partial charge in [-0.25, -0.2) is 4.79 Å². The number of nitrogens with one attached hydrogen (secondary N) is 1. The van der Waals surface area contributed by atoms with E-state index in [1.165, 1.54) is 0 Å². The molecule has 0 saturated heterocycles. The predicted molar refractivity (Wildman–Crippen MR) is 97.2 cm³/mol. The Balaban J connectivity index is 2.47. The lowest BCUT2D eigenvalue weighted by molar-refractivity contribution is -0.148. The van der Waals surface area contributed by atoms with E-state index >= 15 is 0 Å². The second-order valence-corrected chi connectivity index (χ2v) is 7.08. The molecule has 0 bridgehead atoms. The maximum Gasteiger partial charge on any atom is 0.329 e. The van der Waals surface area contributed by atoms with Crippen LogP contribution >= 0.6 is 0 Å². The second kappa shape index (κ2) is 11.1. The molecule has 2 N–H and O–H groups in total. The SMILES string of the molecule is CCCN(CCC)C(=O)CCCC(=O)NC1(C(=O)O)CCCCCC1. The van der Waals surface area contributed by atoms with Crippen molar-refractivity contribution in [2.24, 2.45) is 0 Å². The van der Waals surface area contributed by atoms with Crippen LogP contribution in [-0.4, -0.2) is 46.4 Å². The number of rotatable bonds is 10. The minimum atomic E-state index is -1.12. The highest BCUT2D eigenvalue weighted by Crippen LogP contribution is 2.27. The van der Waals surface area contributed by atoms with Crippen LogP contribution in [0.2, 0.25) is 0 Å². The van der Waals surface area contributed by atoms with Gasteiger partial charge in [-0.3, -0.25) is 9.59 Å². The van der Waals surface area contributed by atoms with E-state index in [9.17, 15) is 19.5 Å². The van der Waals surface area contributed by atoms with Crippen molar-refractivity contribution in [3.8, 4) is 0 Å². The fourth-order valence-electron chi connectivity index (χ4n) is 3.51. The molecule has 2 amide bonds. The second-order valence-electron chi connectivity index (χ2n) is 7.08. The topological polar surface area (TPSA) is 86.7 Å². The van der Waals surface area contributed by atoms with Crippen molar-refractivity contribution in [2.45, 2.75) is 90.0 Å². The van der Waals surface area contributed by atoms with Crippen LogP contribution in [0.5, 0.6) is 0 Å². The third-order valence-electron chi connectivity index (χ3n) is 4.88. The van der Waals surface area contributed by atoms with Crippen LogP contribution in [0.3, 0.4) is 0 Å². The van der Waals surface area contributed by atoms with Crippen LogP contribution in [0.15, 0.2) is 0 Å². The van der Waals surface area contributed by atoms with Crippen molar-refractivity contribution < 1.29 is 19.5 Å². The first kappa shape index (κ1) is 21.5. The van der Waals surface area contributed by atoms with Gasteiger partial charge in [-0.05, 0) is 32.1 Å². The third-order valence-corrected chi connectivity index (χ3v) is 4.88. The molecule has 144 valence electrons. The number of carbonyl (C=O) groups excluding carboxylic acids is 2. The van der Waals surface area contributed by atoms with Crippen LogP contribution in [-0.2, 0) is 14.4 Å². The van der Waals surface area contributed by atoms with Gasteiger partial charge >= 0.3 is 5.97 Å². The molecular weight excluding hydrogens is 320 g/mol. The van der Waals surface area contributed by atoms with E-state index in [0.29, 0.717) is 25.7 Å². The number of aliphatic carboxylic acids is 1. The number of carboxylic acid groups (broad SMARTS) is 1. The zero-order valence-electron chi connectivity index (χ0n) is 15.8. The molecule has 0 unspecified atom stereocenters. The van der Waals surface area contributed by atoms with Gasteiger partial charge in [-0.2, -0.15) is 0 Å². The van der Waals surface area contributed by atoms with Gasteiger partial charge in [0.2, 0.25) is 11.8 Å². The van der Waals surface area contributed by atoms with E-state index in [2.05, 4.69) is 5.32 Å². The highest BCUT2D eigenvalue weighted by atomic mass is 16.4. The lowest BCUT2D eigenvalue weighted by atomic mass is 9.90. The summed E-state index contributed by atoms with van der Waals surface area (Å²) in [5, 5.41) is 12.4. The minimum Gasteiger partial charge on any atom is -0.480 e. The van der Waals surface area contributed by atoms with E-state index in [1.807, 2.05) is 18.7 Å². The smallest absolute Gasteiger partial charge is 0.329 e. The molecular formula is C19H34N2O4. The van der Waals surface area contributed by atoms with Gasteiger partial charge in [0.25, 0.3) is 0 Å². The van der Waals surface area contributed by atoms with Gasteiger partial charge in [0.05, 0.1) is 0 Å². The summed E-state index contributed by atoms with van der Waals surface area (Å²) in [6.07, 6.45) is 7.53. The molecule has 25 heavy (non-hydrogen) atoms. The van der Waals surface area contributed by atoms with E-state index in [1.54, 1.807) is 0 Å². The maximum absolute atomic E-state index is 12.2. The number of carboxylic acids is 1. The number of carbonyl (C=O) groups is 3. The first-order valence-corrected chi connectivity index (χ1v) is 9.77. The van der Waals surface area contributed by atoms with E-state index in [-0.39, 0.29) is 18.2 Å². The molecule has 6 nitrogen and oxygen atoms in total. The van der Waals surface area contributed by atoms with Crippen molar-refractivity contribution in [2.75, 3.05) is 13.1 Å². The van der Waals surface area contributed by atoms with Gasteiger partial charge in [-0.1, -0.05) is 39.5 Å². The van der Waals surface area contributed by atoms with Crippen LogP contribution in [0.25, 0.3) is 0 Å². The lowest BCUT2D eigenvalue weighted by Crippen LogP contribution is -2.54. The van der Waals surface area contributed by atoms with Gasteiger partial charge in [0.1, 0.15) is 5.54 Å². The summed E-state index contributed by atoms with van der Waals surface area (Å²) < 4.78 is 0. The fourth-order valence-corrected chi connectivity index (χ4v) is 3.51. The number of hydrogen-bond donors (Lipinski definition) is 2. The van der Waals surface area contributed by atoms with Gasteiger partial charge < -0.3 is 15.3 Å². The predicted octanol–water partition coefficient (Wildman–Crippen LogP) is 3.10. The Hall–Kier alpha value is -1.59. The summed E-state index contributed by atoms with van der Waals surface area (Å²) in [4.78, 5) is 38.0. The Kier molecular flexibility index (Phi) is 9.53. The third kappa shape index (κ3) is 7.04. The zero-order chi connectivity index (χ0) is 18.7. The molecule has 0 aromatic carbocycles. The van der Waals surface area contributed by atoms with E-state index < -0.39 is 11.5 Å². The highest BCUT2D eigenvalue weighted by Gasteiger charge is 2.39. The van der Waals surface area contributed by atoms with Gasteiger partial charge in [-0.15, -0.1) is 0 Å². The van der Waals surface area contributed by atoms with Crippen LogP contribution in [0.1, 0.15) is 84.5 Å². The Labute approximate surface area is 151 Å². The average Bonchev–Trinajstić information content (AvgIpc) is 2.81. The summed E-state index contributed by atoms with van der Waals surface area (Å²) >= 11 is 0. The monoisotopic (exact) mass is 354 g/mol. The Morgan fingerprint density at radius 3 is 2.00 bits per heavy atom. The summed E-state index contributed by atoms with van der Waals surface area (Å²) in [5.41, 5.74) is -1.12. The molecule has 0 radical (unpaired) electrons. The zero-order valence-corrected chi connectivity index (χ0v) is 15.8. The molecule has 1 aliphatic rings. The van der Waals surface area contributed by atoms with Gasteiger partial charge in [0.15, 0.2) is 0 Å². The average molecular weight is 354 g/mol. The number of hydrogen-bond acceptors (Lipinski definition) is 3. The molecule has 0 aliphatic heterocycles. The molecule has 0 aromatic rings. The Morgan fingerprint density at radius 1 is 0.960 bits per heavy atom. The number of nitrogens with zero attached hydrogens (tertiary/aromatic N) is 1. The molecule has 0 heterocycles. The van der Waals surface area contributed by atoms with Crippen molar-refractivity contribution in [3.63, 3.8) is 0 Å². The van der Waals surface area contributed by atoms with Crippen molar-refractivity contribution >= 4 is 17.8 Å².